The van der Waals surface area contributed by atoms with E-state index < -0.39 is 0 Å². The second-order valence-electron chi connectivity index (χ2n) is 7.84. The van der Waals surface area contributed by atoms with Crippen LogP contribution < -0.4 is 5.73 Å². The largest absolute Gasteiger partial charge is 0.329 e. The average Bonchev–Trinajstić information content (AvgIpc) is 3.07. The van der Waals surface area contributed by atoms with Crippen LogP contribution in [0.2, 0.25) is 0 Å². The zero-order chi connectivity index (χ0) is 14.3. The summed E-state index contributed by atoms with van der Waals surface area (Å²) >= 11 is 0. The summed E-state index contributed by atoms with van der Waals surface area (Å²) in [5.74, 6) is 0.854. The minimum Gasteiger partial charge on any atom is -0.329 e. The van der Waals surface area contributed by atoms with E-state index >= 15 is 0 Å². The summed E-state index contributed by atoms with van der Waals surface area (Å²) in [7, 11) is 0. The Balaban J connectivity index is 1.46. The molecule has 4 heteroatoms. The van der Waals surface area contributed by atoms with Crippen molar-refractivity contribution < 1.29 is 0 Å². The smallest absolute Gasteiger partial charge is 0.0488 e. The molecule has 5 rings (SSSR count). The van der Waals surface area contributed by atoms with Crippen LogP contribution in [0, 0.1) is 5.92 Å². The van der Waals surface area contributed by atoms with Crippen molar-refractivity contribution in [2.24, 2.45) is 11.7 Å². The lowest BCUT2D eigenvalue weighted by molar-refractivity contribution is -0.0600. The number of fused-ring (bicyclic) bond motifs is 3. The molecule has 2 N–H and O–H groups in total. The van der Waals surface area contributed by atoms with Gasteiger partial charge in [0.05, 0.1) is 0 Å². The molecule has 0 radical (unpaired) electrons. The molecule has 2 bridgehead atoms. The van der Waals surface area contributed by atoms with E-state index in [1.807, 2.05) is 0 Å². The van der Waals surface area contributed by atoms with Crippen molar-refractivity contribution in [3.05, 3.63) is 0 Å². The summed E-state index contributed by atoms with van der Waals surface area (Å²) in [6.07, 6.45) is 8.39. The van der Waals surface area contributed by atoms with Crippen molar-refractivity contribution in [2.75, 3.05) is 52.4 Å². The Hall–Kier alpha value is -0.160. The van der Waals surface area contributed by atoms with Gasteiger partial charge in [-0.3, -0.25) is 9.80 Å². The third-order valence-electron chi connectivity index (χ3n) is 6.90. The lowest BCUT2D eigenvalue weighted by Gasteiger charge is -2.57. The zero-order valence-electron chi connectivity index (χ0n) is 13.5. The Morgan fingerprint density at radius 1 is 0.905 bits per heavy atom. The molecule has 5 aliphatic rings. The highest BCUT2D eigenvalue weighted by Gasteiger charge is 2.51. The van der Waals surface area contributed by atoms with Gasteiger partial charge < -0.3 is 10.6 Å². The Kier molecular flexibility index (Phi) is 3.99. The first kappa shape index (κ1) is 14.4. The van der Waals surface area contributed by atoms with Crippen LogP contribution in [0.3, 0.4) is 0 Å². The predicted molar refractivity (Wildman–Crippen MR) is 86.4 cm³/mol. The maximum Gasteiger partial charge on any atom is 0.0488 e. The lowest BCUT2D eigenvalue weighted by atomic mass is 9.71. The summed E-state index contributed by atoms with van der Waals surface area (Å²) in [4.78, 5) is 8.25. The average molecular weight is 292 g/mol. The Morgan fingerprint density at radius 3 is 2.29 bits per heavy atom. The number of hydrogen-bond acceptors (Lipinski definition) is 4. The number of rotatable bonds is 3. The molecule has 120 valence electrons. The van der Waals surface area contributed by atoms with E-state index in [0.29, 0.717) is 5.54 Å². The molecule has 0 aromatic heterocycles. The van der Waals surface area contributed by atoms with Gasteiger partial charge in [0.1, 0.15) is 0 Å². The second-order valence-corrected chi connectivity index (χ2v) is 7.84. The normalized spacial score (nSPS) is 45.3. The SMILES string of the molecule is NCC1(N2CCC(N3CCCCC3)C2)CN2CCC1CC2. The molecule has 5 aliphatic heterocycles. The number of piperidine rings is 4. The van der Waals surface area contributed by atoms with Crippen LogP contribution in [0.5, 0.6) is 0 Å². The third-order valence-corrected chi connectivity index (χ3v) is 6.90. The molecule has 5 fully saturated rings. The molecule has 5 heterocycles. The molecule has 0 spiro atoms. The van der Waals surface area contributed by atoms with Gasteiger partial charge >= 0.3 is 0 Å². The number of nitrogens with zero attached hydrogens (tertiary/aromatic N) is 3. The summed E-state index contributed by atoms with van der Waals surface area (Å²) in [5, 5.41) is 0. The molecule has 0 amide bonds. The van der Waals surface area contributed by atoms with Crippen LogP contribution in [0.15, 0.2) is 0 Å². The van der Waals surface area contributed by atoms with Gasteiger partial charge in [-0.15, -0.1) is 0 Å². The minimum atomic E-state index is 0.307. The quantitative estimate of drug-likeness (QED) is 0.841. The molecule has 21 heavy (non-hydrogen) atoms. The molecular weight excluding hydrogens is 260 g/mol. The predicted octanol–water partition coefficient (Wildman–Crippen LogP) is 0.970. The topological polar surface area (TPSA) is 35.7 Å². The van der Waals surface area contributed by atoms with Gasteiger partial charge in [-0.1, -0.05) is 6.42 Å². The Bertz CT molecular complexity index is 360. The first-order valence-electron chi connectivity index (χ1n) is 9.23. The number of likely N-dealkylation sites (tertiary alicyclic amines) is 2. The van der Waals surface area contributed by atoms with Gasteiger partial charge in [0, 0.05) is 37.8 Å². The fourth-order valence-corrected chi connectivity index (χ4v) is 5.59. The van der Waals surface area contributed by atoms with Gasteiger partial charge in [0.25, 0.3) is 0 Å². The van der Waals surface area contributed by atoms with Crippen LogP contribution in [0.25, 0.3) is 0 Å². The van der Waals surface area contributed by atoms with Crippen molar-refractivity contribution in [3.63, 3.8) is 0 Å². The maximum absolute atomic E-state index is 6.35. The van der Waals surface area contributed by atoms with Crippen LogP contribution >= 0.6 is 0 Å². The number of hydrogen-bond donors (Lipinski definition) is 1. The molecule has 5 saturated heterocycles. The van der Waals surface area contributed by atoms with Crippen LogP contribution in [-0.2, 0) is 0 Å². The van der Waals surface area contributed by atoms with Crippen molar-refractivity contribution in [1.82, 2.24) is 14.7 Å². The highest BCUT2D eigenvalue weighted by atomic mass is 15.3. The molecule has 4 nitrogen and oxygen atoms in total. The van der Waals surface area contributed by atoms with Crippen molar-refractivity contribution in [3.8, 4) is 0 Å². The van der Waals surface area contributed by atoms with E-state index in [1.54, 1.807) is 0 Å². The zero-order valence-corrected chi connectivity index (χ0v) is 13.5. The summed E-state index contributed by atoms with van der Waals surface area (Å²) in [6.45, 7) is 9.96. The Labute approximate surface area is 129 Å². The number of nitrogens with two attached hydrogens (primary N) is 1. The summed E-state index contributed by atoms with van der Waals surface area (Å²) in [5.41, 5.74) is 6.65. The van der Waals surface area contributed by atoms with E-state index in [4.69, 9.17) is 5.73 Å². The molecule has 0 aromatic carbocycles. The van der Waals surface area contributed by atoms with E-state index in [0.717, 1.165) is 18.5 Å². The fourth-order valence-electron chi connectivity index (χ4n) is 5.59. The molecule has 2 unspecified atom stereocenters. The highest BCUT2D eigenvalue weighted by Crippen LogP contribution is 2.41. The van der Waals surface area contributed by atoms with Crippen LogP contribution in [-0.4, -0.2) is 78.6 Å². The van der Waals surface area contributed by atoms with Crippen LogP contribution in [0.4, 0.5) is 0 Å². The van der Waals surface area contributed by atoms with Gasteiger partial charge in [-0.25, -0.2) is 0 Å². The molecule has 0 aliphatic carbocycles. The Morgan fingerprint density at radius 2 is 1.67 bits per heavy atom. The minimum absolute atomic E-state index is 0.307. The van der Waals surface area contributed by atoms with Crippen LogP contribution in [0.1, 0.15) is 38.5 Å². The van der Waals surface area contributed by atoms with Gasteiger partial charge in [0.2, 0.25) is 0 Å². The van der Waals surface area contributed by atoms with Crippen molar-refractivity contribution in [1.29, 1.82) is 0 Å². The van der Waals surface area contributed by atoms with E-state index in [2.05, 4.69) is 14.7 Å². The van der Waals surface area contributed by atoms with E-state index in [-0.39, 0.29) is 0 Å². The van der Waals surface area contributed by atoms with Crippen molar-refractivity contribution in [2.45, 2.75) is 50.1 Å². The second kappa shape index (κ2) is 5.80. The highest BCUT2D eigenvalue weighted by molar-refractivity contribution is 5.08. The fraction of sp³-hybridized carbons (Fsp3) is 1.00. The maximum atomic E-state index is 6.35. The lowest BCUT2D eigenvalue weighted by Crippen LogP contribution is -2.69. The molecule has 2 atom stereocenters. The first-order valence-corrected chi connectivity index (χ1v) is 9.23. The molecule has 0 saturated carbocycles. The van der Waals surface area contributed by atoms with Gasteiger partial charge in [0.15, 0.2) is 0 Å². The van der Waals surface area contributed by atoms with E-state index in [1.165, 1.54) is 84.3 Å². The van der Waals surface area contributed by atoms with E-state index in [9.17, 15) is 0 Å². The molecule has 0 aromatic rings. The van der Waals surface area contributed by atoms with Crippen molar-refractivity contribution >= 4 is 0 Å². The standard InChI is InChI=1S/C17H32N4/c18-13-17(14-19-9-4-15(17)5-10-19)21-11-6-16(12-21)20-7-2-1-3-8-20/h15-16H,1-14,18H2. The monoisotopic (exact) mass is 292 g/mol. The first-order chi connectivity index (χ1) is 10.3. The third kappa shape index (κ3) is 2.44. The summed E-state index contributed by atoms with van der Waals surface area (Å²) < 4.78 is 0. The van der Waals surface area contributed by atoms with Gasteiger partial charge in [-0.2, -0.15) is 0 Å². The summed E-state index contributed by atoms with van der Waals surface area (Å²) in [6, 6.07) is 0.809. The molecular formula is C17H32N4. The van der Waals surface area contributed by atoms with Gasteiger partial charge in [-0.05, 0) is 64.2 Å².